The summed E-state index contributed by atoms with van der Waals surface area (Å²) in [6, 6.07) is -0.113. The van der Waals surface area contributed by atoms with E-state index >= 15 is 0 Å². The van der Waals surface area contributed by atoms with Crippen molar-refractivity contribution >= 4 is 7.85 Å². The molecule has 2 rings (SSSR count). The molecule has 4 atom stereocenters. The molecule has 2 aliphatic heterocycles. The van der Waals surface area contributed by atoms with Crippen LogP contribution in [0.5, 0.6) is 0 Å². The molecule has 4 nitrogen and oxygen atoms in total. The Kier molecular flexibility index (Phi) is 1.91. The molecule has 0 aromatic rings. The smallest absolute Gasteiger partial charge is 0.143 e. The lowest BCUT2D eigenvalue weighted by atomic mass is 9.75. The third-order valence-corrected chi connectivity index (χ3v) is 2.96. The summed E-state index contributed by atoms with van der Waals surface area (Å²) in [5, 5.41) is 18.6. The maximum Gasteiger partial charge on any atom is 0.143 e. The van der Waals surface area contributed by atoms with Crippen LogP contribution < -0.4 is 0 Å². The van der Waals surface area contributed by atoms with Crippen molar-refractivity contribution in [3.8, 4) is 0 Å². The van der Waals surface area contributed by atoms with Crippen LogP contribution in [0.2, 0.25) is 0 Å². The van der Waals surface area contributed by atoms with Crippen LogP contribution in [0, 0.1) is 0 Å². The molecule has 0 radical (unpaired) electrons. The molecule has 0 saturated carbocycles. The van der Waals surface area contributed by atoms with E-state index in [9.17, 15) is 5.11 Å². The first-order valence-electron chi connectivity index (χ1n) is 4.29. The minimum absolute atomic E-state index is 0.113. The normalized spacial score (nSPS) is 52.7. The van der Waals surface area contributed by atoms with Crippen LogP contribution in [0.3, 0.4) is 0 Å². The van der Waals surface area contributed by atoms with Crippen LogP contribution in [0.4, 0.5) is 0 Å². The van der Waals surface area contributed by atoms with Crippen molar-refractivity contribution in [1.29, 1.82) is 0 Å². The standard InChI is InChI=1S/C7H13BO4/c8-6-7(1-2-11-7)5(10)4(3-9)12-6/h4-6,9-10H,1-3,8H2/t4-,5?,6-,7?/m1/s1. The van der Waals surface area contributed by atoms with Gasteiger partial charge in [0.2, 0.25) is 0 Å². The molecule has 68 valence electrons. The Morgan fingerprint density at radius 1 is 1.58 bits per heavy atom. The Hall–Kier alpha value is -0.0951. The quantitative estimate of drug-likeness (QED) is 0.443. The first-order chi connectivity index (χ1) is 5.70. The average molecular weight is 172 g/mol. The van der Waals surface area contributed by atoms with Crippen molar-refractivity contribution in [2.24, 2.45) is 0 Å². The van der Waals surface area contributed by atoms with Crippen molar-refractivity contribution < 1.29 is 19.7 Å². The number of aliphatic hydroxyl groups is 2. The van der Waals surface area contributed by atoms with Gasteiger partial charge in [0, 0.05) is 6.42 Å². The van der Waals surface area contributed by atoms with Gasteiger partial charge in [-0.05, 0) is 0 Å². The highest BCUT2D eigenvalue weighted by Gasteiger charge is 2.58. The van der Waals surface area contributed by atoms with E-state index in [1.165, 1.54) is 0 Å². The maximum absolute atomic E-state index is 9.72. The lowest BCUT2D eigenvalue weighted by Crippen LogP contribution is -2.58. The van der Waals surface area contributed by atoms with E-state index in [0.29, 0.717) is 6.61 Å². The number of ether oxygens (including phenoxy) is 2. The molecule has 0 amide bonds. The molecule has 2 fully saturated rings. The van der Waals surface area contributed by atoms with Gasteiger partial charge in [-0.2, -0.15) is 0 Å². The van der Waals surface area contributed by atoms with Gasteiger partial charge in [-0.1, -0.05) is 0 Å². The minimum atomic E-state index is -0.675. The highest BCUT2D eigenvalue weighted by Crippen LogP contribution is 2.41. The van der Waals surface area contributed by atoms with Gasteiger partial charge in [0.15, 0.2) is 0 Å². The molecule has 2 saturated heterocycles. The Labute approximate surface area is 71.9 Å². The Morgan fingerprint density at radius 3 is 2.50 bits per heavy atom. The summed E-state index contributed by atoms with van der Waals surface area (Å²) < 4.78 is 10.7. The van der Waals surface area contributed by atoms with Crippen molar-refractivity contribution in [2.45, 2.75) is 30.2 Å². The first-order valence-corrected chi connectivity index (χ1v) is 4.29. The fraction of sp³-hybridized carbons (Fsp3) is 1.00. The van der Waals surface area contributed by atoms with Crippen molar-refractivity contribution in [3.63, 3.8) is 0 Å². The second-order valence-corrected chi connectivity index (χ2v) is 3.50. The molecular weight excluding hydrogens is 159 g/mol. The third kappa shape index (κ3) is 0.878. The monoisotopic (exact) mass is 172 g/mol. The highest BCUT2D eigenvalue weighted by atomic mass is 16.6. The van der Waals surface area contributed by atoms with E-state index in [1.807, 2.05) is 7.85 Å². The average Bonchev–Trinajstić information content (AvgIpc) is 2.21. The molecule has 0 bridgehead atoms. The summed E-state index contributed by atoms with van der Waals surface area (Å²) in [4.78, 5) is 0. The van der Waals surface area contributed by atoms with Gasteiger partial charge in [-0.25, -0.2) is 0 Å². The van der Waals surface area contributed by atoms with E-state index in [1.54, 1.807) is 0 Å². The minimum Gasteiger partial charge on any atom is -0.394 e. The van der Waals surface area contributed by atoms with Gasteiger partial charge in [0.1, 0.15) is 25.7 Å². The fourth-order valence-corrected chi connectivity index (χ4v) is 2.04. The van der Waals surface area contributed by atoms with Gasteiger partial charge < -0.3 is 19.7 Å². The number of hydrogen-bond donors (Lipinski definition) is 2. The lowest BCUT2D eigenvalue weighted by Gasteiger charge is -2.43. The second kappa shape index (κ2) is 2.70. The molecule has 2 N–H and O–H groups in total. The van der Waals surface area contributed by atoms with E-state index in [0.717, 1.165) is 6.42 Å². The topological polar surface area (TPSA) is 58.9 Å². The molecule has 5 heteroatoms. The number of rotatable bonds is 1. The third-order valence-electron chi connectivity index (χ3n) is 2.96. The van der Waals surface area contributed by atoms with Crippen LogP contribution in [0.25, 0.3) is 0 Å². The Balaban J connectivity index is 2.14. The summed E-state index contributed by atoms with van der Waals surface area (Å²) in [5.41, 5.74) is -0.520. The molecule has 2 aliphatic rings. The molecule has 12 heavy (non-hydrogen) atoms. The van der Waals surface area contributed by atoms with Crippen molar-refractivity contribution in [1.82, 2.24) is 0 Å². The van der Waals surface area contributed by atoms with Gasteiger partial charge in [0.25, 0.3) is 0 Å². The van der Waals surface area contributed by atoms with Crippen molar-refractivity contribution in [3.05, 3.63) is 0 Å². The molecule has 0 aromatic carbocycles. The SMILES string of the molecule is B[C@@H]1O[C@H](CO)C(O)C12CCO2. The van der Waals surface area contributed by atoms with Crippen LogP contribution in [0.1, 0.15) is 6.42 Å². The zero-order chi connectivity index (χ0) is 8.77. The lowest BCUT2D eigenvalue weighted by molar-refractivity contribution is -0.194. The zero-order valence-electron chi connectivity index (χ0n) is 7.06. The first kappa shape index (κ1) is 8.50. The molecule has 0 aliphatic carbocycles. The molecule has 0 aromatic heterocycles. The molecule has 2 heterocycles. The second-order valence-electron chi connectivity index (χ2n) is 3.50. The predicted octanol–water partition coefficient (Wildman–Crippen LogP) is -2.14. The van der Waals surface area contributed by atoms with E-state index in [2.05, 4.69) is 0 Å². The predicted molar refractivity (Wildman–Crippen MR) is 43.6 cm³/mol. The van der Waals surface area contributed by atoms with Crippen LogP contribution >= 0.6 is 0 Å². The van der Waals surface area contributed by atoms with Crippen LogP contribution in [0.15, 0.2) is 0 Å². The van der Waals surface area contributed by atoms with E-state index < -0.39 is 17.8 Å². The van der Waals surface area contributed by atoms with E-state index in [4.69, 9.17) is 14.6 Å². The summed E-state index contributed by atoms with van der Waals surface area (Å²) >= 11 is 0. The fourth-order valence-electron chi connectivity index (χ4n) is 2.04. The molecular formula is C7H13BO4. The van der Waals surface area contributed by atoms with Gasteiger partial charge in [0.05, 0.1) is 19.2 Å². The number of aliphatic hydroxyl groups excluding tert-OH is 2. The van der Waals surface area contributed by atoms with E-state index in [-0.39, 0.29) is 12.6 Å². The molecule has 2 unspecified atom stereocenters. The summed E-state index contributed by atoms with van der Waals surface area (Å²) in [7, 11) is 1.87. The number of hydrogen-bond acceptors (Lipinski definition) is 4. The zero-order valence-corrected chi connectivity index (χ0v) is 7.06. The van der Waals surface area contributed by atoms with Crippen LogP contribution in [-0.4, -0.2) is 55.1 Å². The summed E-state index contributed by atoms with van der Waals surface area (Å²) in [5.74, 6) is 0. The Bertz CT molecular complexity index is 182. The van der Waals surface area contributed by atoms with Gasteiger partial charge in [-0.15, -0.1) is 0 Å². The maximum atomic E-state index is 9.72. The highest BCUT2D eigenvalue weighted by molar-refractivity contribution is 6.12. The summed E-state index contributed by atoms with van der Waals surface area (Å²) in [6.07, 6.45) is -0.321. The van der Waals surface area contributed by atoms with Gasteiger partial charge >= 0.3 is 0 Å². The van der Waals surface area contributed by atoms with Crippen LogP contribution in [-0.2, 0) is 9.47 Å². The van der Waals surface area contributed by atoms with Gasteiger partial charge in [-0.3, -0.25) is 0 Å². The molecule has 1 spiro atoms. The van der Waals surface area contributed by atoms with Crippen molar-refractivity contribution in [2.75, 3.05) is 13.2 Å². The summed E-state index contributed by atoms with van der Waals surface area (Å²) in [6.45, 7) is 0.541. The Morgan fingerprint density at radius 2 is 2.25 bits per heavy atom. The largest absolute Gasteiger partial charge is 0.394 e.